The number of primary sulfonamides is 1. The number of rotatable bonds is 4. The van der Waals surface area contributed by atoms with Gasteiger partial charge in [0.25, 0.3) is 0 Å². The monoisotopic (exact) mass is 487 g/mol. The van der Waals surface area contributed by atoms with Crippen LogP contribution in [-0.4, -0.2) is 18.2 Å². The summed E-state index contributed by atoms with van der Waals surface area (Å²) in [5.41, 5.74) is 4.20. The van der Waals surface area contributed by atoms with Crippen LogP contribution in [0.25, 0.3) is 28.2 Å². The minimum Gasteiger partial charge on any atom is -0.232 e. The van der Waals surface area contributed by atoms with Crippen molar-refractivity contribution in [3.63, 3.8) is 0 Å². The molecule has 2 N–H and O–H groups in total. The van der Waals surface area contributed by atoms with Crippen LogP contribution in [0.15, 0.2) is 88.2 Å². The van der Waals surface area contributed by atoms with E-state index in [0.717, 1.165) is 27.0 Å². The van der Waals surface area contributed by atoms with E-state index in [1.807, 2.05) is 54.6 Å². The van der Waals surface area contributed by atoms with Gasteiger partial charge in [0.05, 0.1) is 22.0 Å². The summed E-state index contributed by atoms with van der Waals surface area (Å²) in [6, 6.07) is 23.6. The van der Waals surface area contributed by atoms with E-state index in [4.69, 9.17) is 21.8 Å². The topological polar surface area (TPSA) is 78.0 Å². The molecule has 0 aliphatic rings. The molecule has 0 aliphatic heterocycles. The van der Waals surface area contributed by atoms with Gasteiger partial charge in [0.2, 0.25) is 10.0 Å². The van der Waals surface area contributed by atoms with Crippen LogP contribution in [0, 0.1) is 0 Å². The molecule has 0 saturated carbocycles. The van der Waals surface area contributed by atoms with Crippen molar-refractivity contribution in [2.45, 2.75) is 4.90 Å². The molecule has 1 aromatic heterocycles. The molecule has 0 fully saturated rings. The predicted molar refractivity (Wildman–Crippen MR) is 119 cm³/mol. The van der Waals surface area contributed by atoms with Crippen LogP contribution in [-0.2, 0) is 10.0 Å². The molecule has 8 heteroatoms. The molecule has 0 radical (unpaired) electrons. The standard InChI is InChI=1S/C21H15BrClN3O2S/c22-19-4-2-1-3-18(19)21-13-20(14-5-7-15(23)8-6-14)25-26(21)16-9-11-17(12-10-16)29(24,27)28/h1-13H,(H2,24,27,28). The summed E-state index contributed by atoms with van der Waals surface area (Å²) in [7, 11) is -3.76. The lowest BCUT2D eigenvalue weighted by Gasteiger charge is -2.09. The molecule has 5 nitrogen and oxygen atoms in total. The van der Waals surface area contributed by atoms with Gasteiger partial charge >= 0.3 is 0 Å². The second-order valence-corrected chi connectivity index (χ2v) is 9.20. The summed E-state index contributed by atoms with van der Waals surface area (Å²) in [5, 5.41) is 10.6. The van der Waals surface area contributed by atoms with Gasteiger partial charge in [-0.25, -0.2) is 18.2 Å². The zero-order valence-corrected chi connectivity index (χ0v) is 18.1. The van der Waals surface area contributed by atoms with Crippen molar-refractivity contribution >= 4 is 37.6 Å². The molecule has 0 bridgehead atoms. The van der Waals surface area contributed by atoms with Crippen LogP contribution in [0.1, 0.15) is 0 Å². The second-order valence-electron chi connectivity index (χ2n) is 6.35. The quantitative estimate of drug-likeness (QED) is 0.425. The SMILES string of the molecule is NS(=O)(=O)c1ccc(-n2nc(-c3ccc(Cl)cc3)cc2-c2ccccc2Br)cc1. The number of benzene rings is 3. The van der Waals surface area contributed by atoms with Gasteiger partial charge < -0.3 is 0 Å². The predicted octanol–water partition coefficient (Wildman–Crippen LogP) is 5.27. The van der Waals surface area contributed by atoms with Gasteiger partial charge in [-0.2, -0.15) is 5.10 Å². The zero-order chi connectivity index (χ0) is 20.6. The summed E-state index contributed by atoms with van der Waals surface area (Å²) >= 11 is 9.61. The van der Waals surface area contributed by atoms with E-state index in [1.165, 1.54) is 12.1 Å². The number of halogens is 2. The smallest absolute Gasteiger partial charge is 0.232 e. The van der Waals surface area contributed by atoms with E-state index in [2.05, 4.69) is 15.9 Å². The van der Waals surface area contributed by atoms with Crippen LogP contribution >= 0.6 is 27.5 Å². The lowest BCUT2D eigenvalue weighted by atomic mass is 10.1. The lowest BCUT2D eigenvalue weighted by Crippen LogP contribution is -2.12. The fourth-order valence-electron chi connectivity index (χ4n) is 2.98. The van der Waals surface area contributed by atoms with Crippen LogP contribution < -0.4 is 5.14 Å². The molecule has 1 heterocycles. The first-order chi connectivity index (χ1) is 13.8. The summed E-state index contributed by atoms with van der Waals surface area (Å²) in [5.74, 6) is 0. The van der Waals surface area contributed by atoms with Crippen LogP contribution in [0.5, 0.6) is 0 Å². The summed E-state index contributed by atoms with van der Waals surface area (Å²) < 4.78 is 25.8. The summed E-state index contributed by atoms with van der Waals surface area (Å²) in [6.45, 7) is 0. The van der Waals surface area contributed by atoms with Crippen molar-refractivity contribution in [3.8, 4) is 28.2 Å². The first kappa shape index (κ1) is 19.8. The minimum absolute atomic E-state index is 0.0498. The van der Waals surface area contributed by atoms with E-state index in [-0.39, 0.29) is 4.90 Å². The number of nitrogens with zero attached hydrogens (tertiary/aromatic N) is 2. The highest BCUT2D eigenvalue weighted by Crippen LogP contribution is 2.33. The minimum atomic E-state index is -3.76. The molecule has 0 amide bonds. The molecule has 0 atom stereocenters. The van der Waals surface area contributed by atoms with E-state index in [9.17, 15) is 8.42 Å². The highest BCUT2D eigenvalue weighted by atomic mass is 79.9. The number of aromatic nitrogens is 2. The Morgan fingerprint density at radius 2 is 1.59 bits per heavy atom. The first-order valence-electron chi connectivity index (χ1n) is 8.57. The maximum Gasteiger partial charge on any atom is 0.238 e. The van der Waals surface area contributed by atoms with Gasteiger partial charge in [-0.15, -0.1) is 0 Å². The highest BCUT2D eigenvalue weighted by Gasteiger charge is 2.16. The third-order valence-corrected chi connectivity index (χ3v) is 6.28. The molecule has 0 unspecified atom stereocenters. The van der Waals surface area contributed by atoms with Crippen LogP contribution in [0.4, 0.5) is 0 Å². The highest BCUT2D eigenvalue weighted by molar-refractivity contribution is 9.10. The Kier molecular flexibility index (Phi) is 5.31. The maximum absolute atomic E-state index is 11.6. The molecule has 146 valence electrons. The van der Waals surface area contributed by atoms with Crippen LogP contribution in [0.2, 0.25) is 5.02 Å². The zero-order valence-electron chi connectivity index (χ0n) is 15.0. The van der Waals surface area contributed by atoms with E-state index in [1.54, 1.807) is 16.8 Å². The summed E-state index contributed by atoms with van der Waals surface area (Å²) in [6.07, 6.45) is 0. The molecule has 3 aromatic carbocycles. The van der Waals surface area contributed by atoms with Gasteiger partial charge in [0.15, 0.2) is 0 Å². The molecule has 29 heavy (non-hydrogen) atoms. The number of hydrogen-bond acceptors (Lipinski definition) is 3. The third-order valence-electron chi connectivity index (χ3n) is 4.41. The maximum atomic E-state index is 11.6. The Morgan fingerprint density at radius 1 is 0.931 bits per heavy atom. The fourth-order valence-corrected chi connectivity index (χ4v) is 4.11. The molecule has 0 aliphatic carbocycles. The van der Waals surface area contributed by atoms with Crippen molar-refractivity contribution in [1.82, 2.24) is 9.78 Å². The Labute approximate surface area is 181 Å². The van der Waals surface area contributed by atoms with Gasteiger partial charge in [-0.3, -0.25) is 0 Å². The van der Waals surface area contributed by atoms with Crippen molar-refractivity contribution in [2.24, 2.45) is 5.14 Å². The number of sulfonamides is 1. The van der Waals surface area contributed by atoms with E-state index < -0.39 is 10.0 Å². The normalized spacial score (nSPS) is 11.6. The Hall–Kier alpha value is -2.45. The first-order valence-corrected chi connectivity index (χ1v) is 11.3. The fraction of sp³-hybridized carbons (Fsp3) is 0. The summed E-state index contributed by atoms with van der Waals surface area (Å²) in [4.78, 5) is 0.0498. The van der Waals surface area contributed by atoms with Crippen LogP contribution in [0.3, 0.4) is 0 Å². The molecule has 4 rings (SSSR count). The Morgan fingerprint density at radius 3 is 2.21 bits per heavy atom. The van der Waals surface area contributed by atoms with Crippen molar-refractivity contribution < 1.29 is 8.42 Å². The van der Waals surface area contributed by atoms with Gasteiger partial charge in [-0.1, -0.05) is 57.9 Å². The van der Waals surface area contributed by atoms with Crippen molar-refractivity contribution in [1.29, 1.82) is 0 Å². The third kappa shape index (κ3) is 4.13. The Bertz CT molecular complexity index is 1280. The van der Waals surface area contributed by atoms with E-state index in [0.29, 0.717) is 10.7 Å². The van der Waals surface area contributed by atoms with Gasteiger partial charge in [0, 0.05) is 20.6 Å². The molecule has 0 spiro atoms. The van der Waals surface area contributed by atoms with Gasteiger partial charge in [-0.05, 0) is 48.5 Å². The lowest BCUT2D eigenvalue weighted by molar-refractivity contribution is 0.598. The molecule has 4 aromatic rings. The average Bonchev–Trinajstić information content (AvgIpc) is 3.13. The largest absolute Gasteiger partial charge is 0.238 e. The number of hydrogen-bond donors (Lipinski definition) is 1. The molecular formula is C21H15BrClN3O2S. The van der Waals surface area contributed by atoms with Crippen molar-refractivity contribution in [2.75, 3.05) is 0 Å². The van der Waals surface area contributed by atoms with Gasteiger partial charge in [0.1, 0.15) is 0 Å². The second kappa shape index (κ2) is 7.76. The number of nitrogens with two attached hydrogens (primary N) is 1. The molecular weight excluding hydrogens is 474 g/mol. The van der Waals surface area contributed by atoms with Crippen molar-refractivity contribution in [3.05, 3.63) is 88.4 Å². The Balaban J connectivity index is 1.89. The van der Waals surface area contributed by atoms with E-state index >= 15 is 0 Å². The average molecular weight is 489 g/mol. The molecule has 0 saturated heterocycles.